The number of anilines is 1. The lowest BCUT2D eigenvalue weighted by Crippen LogP contribution is -2.20. The normalized spacial score (nSPS) is 12.8. The second kappa shape index (κ2) is 12.1. The number of nitrogens with zero attached hydrogens (tertiary/aromatic N) is 3. The van der Waals surface area contributed by atoms with Crippen molar-refractivity contribution in [1.82, 2.24) is 15.3 Å². The molecule has 2 aromatic carbocycles. The summed E-state index contributed by atoms with van der Waals surface area (Å²) in [5.41, 5.74) is 6.88. The van der Waals surface area contributed by atoms with Crippen LogP contribution in [-0.4, -0.2) is 43.1 Å². The van der Waals surface area contributed by atoms with E-state index in [4.69, 9.17) is 15.5 Å². The van der Waals surface area contributed by atoms with Gasteiger partial charge in [0.1, 0.15) is 6.61 Å². The molecule has 32 heavy (non-hydrogen) atoms. The van der Waals surface area contributed by atoms with Crippen LogP contribution in [0.4, 0.5) is 5.95 Å². The highest BCUT2D eigenvalue weighted by molar-refractivity contribution is 7.99. The predicted molar refractivity (Wildman–Crippen MR) is 128 cm³/mol. The van der Waals surface area contributed by atoms with Crippen molar-refractivity contribution in [2.75, 3.05) is 32.1 Å². The van der Waals surface area contributed by atoms with Crippen LogP contribution in [0.5, 0.6) is 5.88 Å². The maximum absolute atomic E-state index is 11.3. The molecule has 8 heteroatoms. The van der Waals surface area contributed by atoms with Crippen molar-refractivity contribution in [1.29, 1.82) is 0 Å². The molecule has 0 unspecified atom stereocenters. The molecule has 2 heterocycles. The summed E-state index contributed by atoms with van der Waals surface area (Å²) in [5, 5.41) is 2.75. The number of nitrogens with one attached hydrogen (secondary N) is 1. The van der Waals surface area contributed by atoms with Crippen molar-refractivity contribution in [3.8, 4) is 5.88 Å². The zero-order valence-electron chi connectivity index (χ0n) is 18.5. The maximum Gasteiger partial charge on any atom is 0.248 e. The molecule has 3 aromatic rings. The first-order valence-electron chi connectivity index (χ1n) is 10.6. The van der Waals surface area contributed by atoms with Crippen LogP contribution in [0, 0.1) is 0 Å². The summed E-state index contributed by atoms with van der Waals surface area (Å²) in [7, 11) is 3.75. The highest BCUT2D eigenvalue weighted by Gasteiger charge is 2.18. The number of ether oxygens (including phenoxy) is 1. The van der Waals surface area contributed by atoms with Crippen molar-refractivity contribution in [3.63, 3.8) is 0 Å². The summed E-state index contributed by atoms with van der Waals surface area (Å²) in [4.78, 5) is 24.5. The fourth-order valence-electron chi connectivity index (χ4n) is 3.13. The summed E-state index contributed by atoms with van der Waals surface area (Å²) >= 11 is 1.50. The molecule has 168 valence electrons. The van der Waals surface area contributed by atoms with E-state index in [-0.39, 0.29) is 0 Å². The third-order valence-electron chi connectivity index (χ3n) is 4.68. The molecular weight excluding hydrogens is 422 g/mol. The molecular formula is C24H29N5O2S. The highest BCUT2D eigenvalue weighted by atomic mass is 32.2. The predicted octanol–water partition coefficient (Wildman–Crippen LogP) is 3.74. The smallest absolute Gasteiger partial charge is 0.248 e. The molecule has 1 fully saturated rings. The Morgan fingerprint density at radius 1 is 1.09 bits per heavy atom. The fraction of sp³-hybridized carbons (Fsp3) is 0.292. The number of aromatic nitrogens is 2. The first-order valence-corrected chi connectivity index (χ1v) is 11.4. The summed E-state index contributed by atoms with van der Waals surface area (Å²) < 4.78 is 6.08. The van der Waals surface area contributed by atoms with Crippen LogP contribution in [0.25, 0.3) is 0 Å². The van der Waals surface area contributed by atoms with Gasteiger partial charge in [0.25, 0.3) is 0 Å². The Morgan fingerprint density at radius 3 is 2.38 bits per heavy atom. The van der Waals surface area contributed by atoms with Crippen molar-refractivity contribution >= 4 is 23.6 Å². The zero-order chi connectivity index (χ0) is 22.8. The van der Waals surface area contributed by atoms with Gasteiger partial charge in [0.15, 0.2) is 0 Å². The Labute approximate surface area is 193 Å². The van der Waals surface area contributed by atoms with Crippen LogP contribution in [0.15, 0.2) is 70.6 Å². The van der Waals surface area contributed by atoms with Crippen LogP contribution < -0.4 is 20.7 Å². The fourth-order valence-corrected chi connectivity index (χ4v) is 3.95. The van der Waals surface area contributed by atoms with Gasteiger partial charge in [-0.05, 0) is 56.8 Å². The van der Waals surface area contributed by atoms with E-state index in [1.54, 1.807) is 12.1 Å². The Balaban J connectivity index is 0.000000913. The van der Waals surface area contributed by atoms with Gasteiger partial charge >= 0.3 is 0 Å². The zero-order valence-corrected chi connectivity index (χ0v) is 19.3. The highest BCUT2D eigenvalue weighted by Crippen LogP contribution is 2.35. The number of carbonyl (C=O) groups excluding carboxylic acids is 1. The molecule has 3 N–H and O–H groups in total. The van der Waals surface area contributed by atoms with Crippen molar-refractivity contribution in [2.24, 2.45) is 5.73 Å². The lowest BCUT2D eigenvalue weighted by atomic mass is 10.2. The van der Waals surface area contributed by atoms with E-state index in [1.807, 2.05) is 62.8 Å². The minimum atomic E-state index is -0.438. The molecule has 0 radical (unpaired) electrons. The molecule has 1 amide bonds. The van der Waals surface area contributed by atoms with Gasteiger partial charge in [0, 0.05) is 23.5 Å². The van der Waals surface area contributed by atoms with E-state index in [9.17, 15) is 4.79 Å². The van der Waals surface area contributed by atoms with Gasteiger partial charge < -0.3 is 20.7 Å². The first kappa shape index (κ1) is 23.6. The van der Waals surface area contributed by atoms with E-state index in [0.29, 0.717) is 24.0 Å². The molecule has 0 saturated carbocycles. The van der Waals surface area contributed by atoms with E-state index >= 15 is 0 Å². The quantitative estimate of drug-likeness (QED) is 0.565. The number of rotatable bonds is 7. The Morgan fingerprint density at radius 2 is 1.75 bits per heavy atom. The Hall–Kier alpha value is -3.10. The summed E-state index contributed by atoms with van der Waals surface area (Å²) in [6.07, 6.45) is 4.13. The average Bonchev–Trinajstić information content (AvgIpc) is 3.35. The first-order chi connectivity index (χ1) is 15.6. The van der Waals surface area contributed by atoms with E-state index in [1.165, 1.54) is 11.8 Å². The number of primary amides is 1. The summed E-state index contributed by atoms with van der Waals surface area (Å²) in [6.45, 7) is 2.38. The molecule has 4 rings (SSSR count). The lowest BCUT2D eigenvalue weighted by molar-refractivity contribution is 0.1000. The average molecular weight is 452 g/mol. The Bertz CT molecular complexity index is 993. The molecule has 1 aliphatic rings. The van der Waals surface area contributed by atoms with Crippen LogP contribution >= 0.6 is 11.8 Å². The largest absolute Gasteiger partial charge is 0.472 e. The van der Waals surface area contributed by atoms with Gasteiger partial charge in [-0.25, -0.2) is 4.98 Å². The van der Waals surface area contributed by atoms with Crippen molar-refractivity contribution in [2.45, 2.75) is 29.2 Å². The molecule has 7 nitrogen and oxygen atoms in total. The molecule has 0 bridgehead atoms. The number of nitrogens with two attached hydrogens (primary N) is 1. The number of carbonyl (C=O) groups is 1. The van der Waals surface area contributed by atoms with Gasteiger partial charge in [0.2, 0.25) is 17.7 Å². The second-order valence-electron chi connectivity index (χ2n) is 7.30. The van der Waals surface area contributed by atoms with Crippen LogP contribution in [0.2, 0.25) is 0 Å². The van der Waals surface area contributed by atoms with Crippen LogP contribution in [0.3, 0.4) is 0 Å². The molecule has 0 atom stereocenters. The Kier molecular flexibility index (Phi) is 8.89. The molecule has 0 aliphatic carbocycles. The van der Waals surface area contributed by atoms with Crippen molar-refractivity contribution < 1.29 is 9.53 Å². The monoisotopic (exact) mass is 451 g/mol. The number of amides is 1. The van der Waals surface area contributed by atoms with Gasteiger partial charge in [0.05, 0.1) is 11.1 Å². The van der Waals surface area contributed by atoms with Gasteiger partial charge in [-0.3, -0.25) is 4.79 Å². The third-order valence-corrected chi connectivity index (χ3v) is 5.69. The van der Waals surface area contributed by atoms with Crippen LogP contribution in [-0.2, 0) is 6.61 Å². The van der Waals surface area contributed by atoms with Gasteiger partial charge in [-0.2, -0.15) is 4.98 Å². The SMILES string of the molecule is CNC.NC(=O)c1ccc(Sc2cnc(N3CCCC3)nc2OCc2ccccc2)cc1. The lowest BCUT2D eigenvalue weighted by Gasteiger charge is -2.17. The number of hydrogen-bond acceptors (Lipinski definition) is 7. The van der Waals surface area contributed by atoms with E-state index < -0.39 is 5.91 Å². The molecule has 0 spiro atoms. The number of benzene rings is 2. The third kappa shape index (κ3) is 6.70. The topological polar surface area (TPSA) is 93.4 Å². The maximum atomic E-state index is 11.3. The number of hydrogen-bond donors (Lipinski definition) is 2. The van der Waals surface area contributed by atoms with Gasteiger partial charge in [-0.15, -0.1) is 0 Å². The summed E-state index contributed by atoms with van der Waals surface area (Å²) in [6, 6.07) is 17.2. The minimum absolute atomic E-state index is 0.436. The standard InChI is InChI=1S/C22H22N4O2S.C2H7N/c23-20(27)17-8-10-18(11-9-17)29-19-14-24-22(26-12-4-5-13-26)25-21(19)28-15-16-6-2-1-3-7-16;1-3-2/h1-3,6-11,14H,4-5,12-13,15H2,(H2,23,27);3H,1-2H3. The molecule has 1 aromatic heterocycles. The van der Waals surface area contributed by atoms with Crippen LogP contribution in [0.1, 0.15) is 28.8 Å². The minimum Gasteiger partial charge on any atom is -0.472 e. The molecule has 1 aliphatic heterocycles. The summed E-state index contributed by atoms with van der Waals surface area (Å²) in [5.74, 6) is 0.834. The van der Waals surface area contributed by atoms with E-state index in [0.717, 1.165) is 41.3 Å². The molecule has 1 saturated heterocycles. The van der Waals surface area contributed by atoms with Crippen molar-refractivity contribution in [3.05, 3.63) is 71.9 Å². The second-order valence-corrected chi connectivity index (χ2v) is 8.41. The van der Waals surface area contributed by atoms with Gasteiger partial charge in [-0.1, -0.05) is 42.1 Å². The van der Waals surface area contributed by atoms with E-state index in [2.05, 4.69) is 15.2 Å².